The first-order valence-corrected chi connectivity index (χ1v) is 31.8. The minimum absolute atomic E-state index is 0.00168. The van der Waals surface area contributed by atoms with Gasteiger partial charge in [-0.3, -0.25) is 9.36 Å². The molecule has 0 spiro atoms. The molecule has 0 aromatic rings. The molecular formula is C63H117N2O6P. The van der Waals surface area contributed by atoms with Gasteiger partial charge in [-0.2, -0.15) is 0 Å². The number of hydrogen-bond donors (Lipinski definition) is 2. The Morgan fingerprint density at radius 1 is 0.500 bits per heavy atom. The Morgan fingerprint density at radius 2 is 0.847 bits per heavy atom. The monoisotopic (exact) mass is 1030 g/mol. The van der Waals surface area contributed by atoms with E-state index in [1.54, 1.807) is 6.08 Å². The molecule has 72 heavy (non-hydrogen) atoms. The number of aliphatic hydroxyl groups is 1. The molecule has 0 aliphatic heterocycles. The first kappa shape index (κ1) is 69.9. The van der Waals surface area contributed by atoms with Crippen LogP contribution in [-0.4, -0.2) is 68.5 Å². The average molecular weight is 1030 g/mol. The van der Waals surface area contributed by atoms with Crippen molar-refractivity contribution in [1.82, 2.24) is 5.32 Å². The topological polar surface area (TPSA) is 108 Å². The first-order valence-electron chi connectivity index (χ1n) is 30.3. The number of likely N-dealkylation sites (N-methyl/N-ethyl adjacent to an activating group) is 1. The van der Waals surface area contributed by atoms with E-state index in [1.165, 1.54) is 180 Å². The summed E-state index contributed by atoms with van der Waals surface area (Å²) in [4.78, 5) is 25.5. The smallest absolute Gasteiger partial charge is 0.268 e. The molecule has 0 radical (unpaired) electrons. The summed E-state index contributed by atoms with van der Waals surface area (Å²) < 4.78 is 23.4. The summed E-state index contributed by atoms with van der Waals surface area (Å²) in [5.41, 5.74) is 0. The fraction of sp³-hybridized carbons (Fsp3) is 0.794. The fourth-order valence-electron chi connectivity index (χ4n) is 8.71. The van der Waals surface area contributed by atoms with Crippen molar-refractivity contribution < 1.29 is 32.9 Å². The van der Waals surface area contributed by atoms with Gasteiger partial charge in [-0.25, -0.2) is 0 Å². The van der Waals surface area contributed by atoms with E-state index in [9.17, 15) is 19.4 Å². The molecule has 0 fully saturated rings. The summed E-state index contributed by atoms with van der Waals surface area (Å²) in [6, 6.07) is -0.888. The lowest BCUT2D eigenvalue weighted by atomic mass is 10.0. The third kappa shape index (κ3) is 55.7. The van der Waals surface area contributed by atoms with Gasteiger partial charge in [0.15, 0.2) is 0 Å². The molecule has 0 aliphatic rings. The molecule has 0 aromatic carbocycles. The maximum absolute atomic E-state index is 13.0. The van der Waals surface area contributed by atoms with Crippen molar-refractivity contribution >= 4 is 13.7 Å². The van der Waals surface area contributed by atoms with Crippen molar-refractivity contribution in [1.29, 1.82) is 0 Å². The Bertz CT molecular complexity index is 1400. The van der Waals surface area contributed by atoms with Crippen molar-refractivity contribution in [2.24, 2.45) is 0 Å². The Labute approximate surface area is 446 Å². The van der Waals surface area contributed by atoms with Gasteiger partial charge < -0.3 is 28.8 Å². The zero-order valence-electron chi connectivity index (χ0n) is 47.9. The van der Waals surface area contributed by atoms with Gasteiger partial charge in [0.2, 0.25) is 5.91 Å². The normalized spacial score (nSPS) is 14.4. The Balaban J connectivity index is 4.08. The molecule has 0 saturated carbocycles. The van der Waals surface area contributed by atoms with Gasteiger partial charge in [-0.1, -0.05) is 273 Å². The second-order valence-electron chi connectivity index (χ2n) is 21.7. The molecule has 0 rings (SSSR count). The van der Waals surface area contributed by atoms with Crippen molar-refractivity contribution in [3.05, 3.63) is 72.9 Å². The number of amides is 1. The van der Waals surface area contributed by atoms with Crippen molar-refractivity contribution in [3.63, 3.8) is 0 Å². The van der Waals surface area contributed by atoms with Gasteiger partial charge in [0, 0.05) is 6.42 Å². The largest absolute Gasteiger partial charge is 0.756 e. The van der Waals surface area contributed by atoms with Crippen LogP contribution >= 0.6 is 7.82 Å². The number of hydrogen-bond acceptors (Lipinski definition) is 6. The van der Waals surface area contributed by atoms with E-state index in [2.05, 4.69) is 79.9 Å². The lowest BCUT2D eigenvalue weighted by Crippen LogP contribution is -2.45. The number of carbonyl (C=O) groups is 1. The third-order valence-corrected chi connectivity index (χ3v) is 14.4. The van der Waals surface area contributed by atoms with E-state index in [-0.39, 0.29) is 19.1 Å². The lowest BCUT2D eigenvalue weighted by molar-refractivity contribution is -0.870. The molecule has 0 aromatic heterocycles. The number of aliphatic hydroxyl groups excluding tert-OH is 1. The van der Waals surface area contributed by atoms with E-state index in [1.807, 2.05) is 27.2 Å². The quantitative estimate of drug-likeness (QED) is 0.0272. The highest BCUT2D eigenvalue weighted by atomic mass is 31.2. The van der Waals surface area contributed by atoms with Crippen molar-refractivity contribution in [2.75, 3.05) is 40.9 Å². The summed E-state index contributed by atoms with van der Waals surface area (Å²) in [6.45, 7) is 4.56. The second-order valence-corrected chi connectivity index (χ2v) is 23.1. The molecule has 1 amide bonds. The van der Waals surface area contributed by atoms with Gasteiger partial charge in [0.1, 0.15) is 13.2 Å². The number of unbranched alkanes of at least 4 members (excludes halogenated alkanes) is 32. The number of allylic oxidation sites excluding steroid dienone is 11. The lowest BCUT2D eigenvalue weighted by Gasteiger charge is -2.29. The van der Waals surface area contributed by atoms with Gasteiger partial charge in [-0.15, -0.1) is 0 Å². The highest BCUT2D eigenvalue weighted by molar-refractivity contribution is 7.45. The summed E-state index contributed by atoms with van der Waals surface area (Å²) in [5.74, 6) is -0.196. The van der Waals surface area contributed by atoms with Crippen LogP contribution in [0.3, 0.4) is 0 Å². The van der Waals surface area contributed by atoms with Crippen molar-refractivity contribution in [2.45, 2.75) is 283 Å². The standard InChI is InChI=1S/C63H117N2O6P/c1-6-8-10-12-14-16-18-20-22-24-25-26-27-28-29-30-31-32-33-34-35-36-37-38-39-41-43-45-47-49-51-53-55-57-63(67)64-61(60-71-72(68,69)70-59-58-65(3,4)5)62(66)56-54-52-50-48-46-44-42-40-23-21-19-17-15-13-11-9-7-2/h8,10,14,16,20,22,25-26,28-29,54,56,61-62,66H,6-7,9,11-13,15,17-19,21,23-24,27,30-53,55,57-60H2,1-5H3,(H-,64,67,68,69)/b10-8-,16-14-,22-20-,26-25-,29-28-,56-54+. The maximum Gasteiger partial charge on any atom is 0.268 e. The molecule has 2 N–H and O–H groups in total. The van der Waals surface area contributed by atoms with Crippen molar-refractivity contribution in [3.8, 4) is 0 Å². The van der Waals surface area contributed by atoms with Crippen LogP contribution in [0, 0.1) is 0 Å². The summed E-state index contributed by atoms with van der Waals surface area (Å²) in [6.07, 6.45) is 74.1. The molecule has 0 heterocycles. The highest BCUT2D eigenvalue weighted by Gasteiger charge is 2.23. The van der Waals surface area contributed by atoms with E-state index < -0.39 is 20.0 Å². The number of nitrogens with zero attached hydrogens (tertiary/aromatic N) is 1. The van der Waals surface area contributed by atoms with Crippen LogP contribution in [0.15, 0.2) is 72.9 Å². The van der Waals surface area contributed by atoms with Gasteiger partial charge >= 0.3 is 0 Å². The molecule has 0 bridgehead atoms. The number of quaternary nitrogens is 1. The summed E-state index contributed by atoms with van der Waals surface area (Å²) in [7, 11) is 1.26. The minimum atomic E-state index is -4.60. The first-order chi connectivity index (χ1) is 35.0. The molecule has 9 heteroatoms. The van der Waals surface area contributed by atoms with Crippen LogP contribution in [0.4, 0.5) is 0 Å². The molecule has 420 valence electrons. The number of nitrogens with one attached hydrogen (secondary N) is 1. The predicted octanol–water partition coefficient (Wildman–Crippen LogP) is 18.0. The Hall–Kier alpha value is -2.06. The van der Waals surface area contributed by atoms with Crippen LogP contribution in [-0.2, 0) is 18.4 Å². The Kier molecular flexibility index (Phi) is 52.2. The van der Waals surface area contributed by atoms with E-state index >= 15 is 0 Å². The van der Waals surface area contributed by atoms with Gasteiger partial charge in [-0.05, 0) is 64.2 Å². The van der Waals surface area contributed by atoms with Gasteiger partial charge in [0.25, 0.3) is 7.82 Å². The SMILES string of the molecule is CC/C=C\C/C=C\C/C=C\C/C=C\C/C=C\CCCCCCCCCCCCCCCCCCCC(=O)NC(COP(=O)([O-])OCC[N+](C)(C)C)C(O)/C=C/CCCCCCCCCCCCCCCCC. The number of rotatable bonds is 55. The predicted molar refractivity (Wildman–Crippen MR) is 311 cm³/mol. The number of phosphoric acid groups is 1. The van der Waals surface area contributed by atoms with E-state index in [4.69, 9.17) is 9.05 Å². The molecule has 3 atom stereocenters. The zero-order chi connectivity index (χ0) is 52.7. The molecule has 0 aliphatic carbocycles. The summed E-state index contributed by atoms with van der Waals surface area (Å²) >= 11 is 0. The fourth-order valence-corrected chi connectivity index (χ4v) is 9.43. The highest BCUT2D eigenvalue weighted by Crippen LogP contribution is 2.38. The Morgan fingerprint density at radius 3 is 1.24 bits per heavy atom. The maximum atomic E-state index is 13.0. The molecular weight excluding hydrogens is 912 g/mol. The number of phosphoric ester groups is 1. The van der Waals surface area contributed by atoms with Crippen LogP contribution in [0.5, 0.6) is 0 Å². The minimum Gasteiger partial charge on any atom is -0.756 e. The van der Waals surface area contributed by atoms with Gasteiger partial charge in [0.05, 0.1) is 39.9 Å². The zero-order valence-corrected chi connectivity index (χ0v) is 48.8. The molecule has 8 nitrogen and oxygen atoms in total. The van der Waals surface area contributed by atoms with Crippen LogP contribution in [0.2, 0.25) is 0 Å². The number of carbonyl (C=O) groups excluding carboxylic acids is 1. The van der Waals surface area contributed by atoms with E-state index in [0.717, 1.165) is 70.6 Å². The van der Waals surface area contributed by atoms with Crippen LogP contribution in [0.1, 0.15) is 271 Å². The third-order valence-electron chi connectivity index (χ3n) is 13.4. The summed E-state index contributed by atoms with van der Waals surface area (Å²) in [5, 5.41) is 13.9. The molecule has 0 saturated heterocycles. The second kappa shape index (κ2) is 53.8. The average Bonchev–Trinajstić information content (AvgIpc) is 3.34. The molecule has 3 unspecified atom stereocenters. The van der Waals surface area contributed by atoms with Crippen LogP contribution < -0.4 is 10.2 Å². The van der Waals surface area contributed by atoms with Crippen LogP contribution in [0.25, 0.3) is 0 Å². The van der Waals surface area contributed by atoms with E-state index in [0.29, 0.717) is 17.4 Å².